The SMILES string of the molecule is Cc1cc(NC(=O)CC(Cn2cccc2)c2ccc(Cl)cc2)nn1C. The third-order valence-electron chi connectivity index (χ3n) is 4.25. The summed E-state index contributed by atoms with van der Waals surface area (Å²) in [7, 11) is 1.85. The van der Waals surface area contributed by atoms with Crippen LogP contribution in [-0.4, -0.2) is 20.3 Å². The lowest BCUT2D eigenvalue weighted by Gasteiger charge is -2.18. The van der Waals surface area contributed by atoms with Crippen molar-refractivity contribution >= 4 is 23.3 Å². The van der Waals surface area contributed by atoms with E-state index in [0.717, 1.165) is 17.8 Å². The summed E-state index contributed by atoms with van der Waals surface area (Å²) in [6.45, 7) is 2.68. The Balaban J connectivity index is 1.74. The van der Waals surface area contributed by atoms with Crippen LogP contribution in [0.15, 0.2) is 54.9 Å². The van der Waals surface area contributed by atoms with Gasteiger partial charge in [0.25, 0.3) is 0 Å². The molecule has 6 heteroatoms. The van der Waals surface area contributed by atoms with E-state index in [2.05, 4.69) is 15.0 Å². The smallest absolute Gasteiger partial charge is 0.226 e. The minimum absolute atomic E-state index is 0.0504. The fourth-order valence-electron chi connectivity index (χ4n) is 2.81. The van der Waals surface area contributed by atoms with Crippen molar-refractivity contribution in [2.24, 2.45) is 7.05 Å². The second-order valence-electron chi connectivity index (χ2n) is 6.18. The number of amides is 1. The molecule has 1 atom stereocenters. The Hall–Kier alpha value is -2.53. The lowest BCUT2D eigenvalue weighted by Crippen LogP contribution is -2.19. The predicted octanol–water partition coefficient (Wildman–Crippen LogP) is 4.00. The number of anilines is 1. The highest BCUT2D eigenvalue weighted by atomic mass is 35.5. The molecule has 3 aromatic rings. The van der Waals surface area contributed by atoms with Crippen molar-refractivity contribution < 1.29 is 4.79 Å². The molecule has 25 heavy (non-hydrogen) atoms. The van der Waals surface area contributed by atoms with Gasteiger partial charge in [-0.1, -0.05) is 23.7 Å². The minimum atomic E-state index is -0.0507. The van der Waals surface area contributed by atoms with Crippen LogP contribution < -0.4 is 5.32 Å². The zero-order chi connectivity index (χ0) is 17.8. The van der Waals surface area contributed by atoms with E-state index < -0.39 is 0 Å². The summed E-state index contributed by atoms with van der Waals surface area (Å²) in [6.07, 6.45) is 4.38. The highest BCUT2D eigenvalue weighted by molar-refractivity contribution is 6.30. The highest BCUT2D eigenvalue weighted by Crippen LogP contribution is 2.24. The molecule has 1 unspecified atom stereocenters. The first kappa shape index (κ1) is 17.3. The van der Waals surface area contributed by atoms with Crippen LogP contribution in [0.2, 0.25) is 5.02 Å². The quantitative estimate of drug-likeness (QED) is 0.725. The zero-order valence-electron chi connectivity index (χ0n) is 14.3. The average molecular weight is 357 g/mol. The molecule has 0 bridgehead atoms. The number of benzene rings is 1. The maximum Gasteiger partial charge on any atom is 0.226 e. The monoisotopic (exact) mass is 356 g/mol. The Morgan fingerprint density at radius 3 is 2.52 bits per heavy atom. The predicted molar refractivity (Wildman–Crippen MR) is 99.8 cm³/mol. The Morgan fingerprint density at radius 1 is 1.24 bits per heavy atom. The molecule has 3 rings (SSSR count). The molecular formula is C19H21ClN4O. The zero-order valence-corrected chi connectivity index (χ0v) is 15.1. The van der Waals surface area contributed by atoms with Gasteiger partial charge in [-0.15, -0.1) is 0 Å². The molecule has 5 nitrogen and oxygen atoms in total. The number of nitrogens with zero attached hydrogens (tertiary/aromatic N) is 3. The van der Waals surface area contributed by atoms with Crippen molar-refractivity contribution in [2.45, 2.75) is 25.8 Å². The lowest BCUT2D eigenvalue weighted by molar-refractivity contribution is -0.116. The second-order valence-corrected chi connectivity index (χ2v) is 6.61. The molecule has 130 valence electrons. The maximum absolute atomic E-state index is 12.5. The van der Waals surface area contributed by atoms with E-state index in [0.29, 0.717) is 17.3 Å². The van der Waals surface area contributed by atoms with E-state index in [9.17, 15) is 4.79 Å². The van der Waals surface area contributed by atoms with Gasteiger partial charge in [0.05, 0.1) is 0 Å². The largest absolute Gasteiger partial charge is 0.354 e. The van der Waals surface area contributed by atoms with E-state index in [-0.39, 0.29) is 11.8 Å². The fraction of sp³-hybridized carbons (Fsp3) is 0.263. The van der Waals surface area contributed by atoms with Gasteiger partial charge in [-0.05, 0) is 36.8 Å². The van der Waals surface area contributed by atoms with Crippen LogP contribution in [0.5, 0.6) is 0 Å². The minimum Gasteiger partial charge on any atom is -0.354 e. The molecule has 0 aliphatic rings. The van der Waals surface area contributed by atoms with E-state index >= 15 is 0 Å². The van der Waals surface area contributed by atoms with Gasteiger partial charge >= 0.3 is 0 Å². The average Bonchev–Trinajstić information content (AvgIpc) is 3.18. The van der Waals surface area contributed by atoms with Gasteiger partial charge in [0.1, 0.15) is 0 Å². The number of aromatic nitrogens is 3. The molecule has 2 heterocycles. The van der Waals surface area contributed by atoms with Gasteiger partial charge in [0.2, 0.25) is 5.91 Å². The maximum atomic E-state index is 12.5. The number of hydrogen-bond acceptors (Lipinski definition) is 2. The topological polar surface area (TPSA) is 51.9 Å². The van der Waals surface area contributed by atoms with Crippen LogP contribution in [0.1, 0.15) is 23.6 Å². The van der Waals surface area contributed by atoms with Gasteiger partial charge in [0.15, 0.2) is 5.82 Å². The van der Waals surface area contributed by atoms with Gasteiger partial charge in [-0.2, -0.15) is 5.10 Å². The second kappa shape index (κ2) is 7.57. The summed E-state index contributed by atoms with van der Waals surface area (Å²) in [5, 5.41) is 7.86. The molecule has 0 fully saturated rings. The van der Waals surface area contributed by atoms with Crippen molar-refractivity contribution in [3.63, 3.8) is 0 Å². The summed E-state index contributed by atoms with van der Waals surface area (Å²) in [6, 6.07) is 13.5. The van der Waals surface area contributed by atoms with E-state index in [1.807, 2.05) is 68.8 Å². The molecule has 2 aromatic heterocycles. The molecule has 0 radical (unpaired) electrons. The normalized spacial score (nSPS) is 12.1. The fourth-order valence-corrected chi connectivity index (χ4v) is 2.93. The molecule has 1 aromatic carbocycles. The first-order valence-electron chi connectivity index (χ1n) is 8.18. The van der Waals surface area contributed by atoms with Gasteiger partial charge < -0.3 is 9.88 Å². The van der Waals surface area contributed by atoms with Crippen molar-refractivity contribution in [2.75, 3.05) is 5.32 Å². The molecule has 0 saturated carbocycles. The summed E-state index contributed by atoms with van der Waals surface area (Å²) in [4.78, 5) is 12.5. The number of halogens is 1. The molecule has 1 N–H and O–H groups in total. The van der Waals surface area contributed by atoms with E-state index in [4.69, 9.17) is 11.6 Å². The van der Waals surface area contributed by atoms with Crippen LogP contribution in [-0.2, 0) is 18.4 Å². The van der Waals surface area contributed by atoms with Crippen molar-refractivity contribution in [1.29, 1.82) is 0 Å². The number of carbonyl (C=O) groups is 1. The summed E-state index contributed by atoms with van der Waals surface area (Å²) < 4.78 is 3.82. The third kappa shape index (κ3) is 4.51. The number of rotatable bonds is 6. The van der Waals surface area contributed by atoms with Crippen LogP contribution >= 0.6 is 11.6 Å². The Kier molecular flexibility index (Phi) is 5.24. The molecule has 0 saturated heterocycles. The van der Waals surface area contributed by atoms with Crippen LogP contribution in [0.25, 0.3) is 0 Å². The molecular weight excluding hydrogens is 336 g/mol. The van der Waals surface area contributed by atoms with Crippen molar-refractivity contribution in [1.82, 2.24) is 14.3 Å². The van der Waals surface area contributed by atoms with Gasteiger partial charge in [-0.3, -0.25) is 9.48 Å². The van der Waals surface area contributed by atoms with Crippen LogP contribution in [0, 0.1) is 6.92 Å². The van der Waals surface area contributed by atoms with Crippen LogP contribution in [0.3, 0.4) is 0 Å². The first-order valence-corrected chi connectivity index (χ1v) is 8.56. The Morgan fingerprint density at radius 2 is 1.92 bits per heavy atom. The Labute approximate surface area is 152 Å². The summed E-state index contributed by atoms with van der Waals surface area (Å²) in [5.74, 6) is 0.584. The van der Waals surface area contributed by atoms with Gasteiger partial charge in [-0.25, -0.2) is 0 Å². The van der Waals surface area contributed by atoms with E-state index in [1.54, 1.807) is 4.68 Å². The van der Waals surface area contributed by atoms with E-state index in [1.165, 1.54) is 0 Å². The van der Waals surface area contributed by atoms with Crippen molar-refractivity contribution in [3.05, 3.63) is 71.1 Å². The number of aryl methyl sites for hydroxylation is 2. The number of hydrogen-bond donors (Lipinski definition) is 1. The molecule has 0 spiro atoms. The number of nitrogens with one attached hydrogen (secondary N) is 1. The van der Waals surface area contributed by atoms with Crippen molar-refractivity contribution in [3.8, 4) is 0 Å². The summed E-state index contributed by atoms with van der Waals surface area (Å²) >= 11 is 5.99. The third-order valence-corrected chi connectivity index (χ3v) is 4.50. The number of carbonyl (C=O) groups excluding carboxylic acids is 1. The highest BCUT2D eigenvalue weighted by Gasteiger charge is 2.18. The molecule has 0 aliphatic carbocycles. The summed E-state index contributed by atoms with van der Waals surface area (Å²) in [5.41, 5.74) is 2.09. The standard InChI is InChI=1S/C19H21ClN4O/c1-14-11-18(22-23(14)2)21-19(25)12-16(13-24-9-3-4-10-24)15-5-7-17(20)8-6-15/h3-11,16H,12-13H2,1-2H3,(H,21,22,25). The molecule has 0 aliphatic heterocycles. The molecule has 1 amide bonds. The Bertz CT molecular complexity index is 817. The van der Waals surface area contributed by atoms with Gasteiger partial charge in [0, 0.05) is 55.1 Å². The van der Waals surface area contributed by atoms with Crippen LogP contribution in [0.4, 0.5) is 5.82 Å². The first-order chi connectivity index (χ1) is 12.0. The lowest BCUT2D eigenvalue weighted by atomic mass is 9.95.